The Morgan fingerprint density at radius 3 is 2.58 bits per heavy atom. The van der Waals surface area contributed by atoms with Crippen LogP contribution in [0.3, 0.4) is 0 Å². The standard InChI is InChI=1S/C20H30N4O.HI/c1-2-21-20(23-18-10-5-6-11-18)22-14-16-8-3-4-9-17(16)15-24-13-7-12-19(24)25;/h3-4,8-9,18H,2,5-7,10-15H2,1H3,(H2,21,22,23);1H. The van der Waals surface area contributed by atoms with Crippen LogP contribution in [0.4, 0.5) is 0 Å². The number of hydrogen-bond donors (Lipinski definition) is 2. The van der Waals surface area contributed by atoms with E-state index >= 15 is 0 Å². The molecule has 0 radical (unpaired) electrons. The number of benzene rings is 1. The average molecular weight is 470 g/mol. The highest BCUT2D eigenvalue weighted by Crippen LogP contribution is 2.19. The number of nitrogens with one attached hydrogen (secondary N) is 2. The van der Waals surface area contributed by atoms with Gasteiger partial charge in [-0.25, -0.2) is 4.99 Å². The molecular weight excluding hydrogens is 439 g/mol. The number of guanidine groups is 1. The summed E-state index contributed by atoms with van der Waals surface area (Å²) in [5.74, 6) is 1.18. The molecule has 1 aromatic rings. The molecule has 1 saturated heterocycles. The first kappa shape index (κ1) is 21.0. The van der Waals surface area contributed by atoms with Gasteiger partial charge in [0.2, 0.25) is 5.91 Å². The molecule has 5 nitrogen and oxygen atoms in total. The number of rotatable bonds is 6. The molecule has 1 aromatic carbocycles. The number of carbonyl (C=O) groups excluding carboxylic acids is 1. The molecule has 0 spiro atoms. The number of nitrogens with zero attached hydrogens (tertiary/aromatic N) is 2. The third-order valence-electron chi connectivity index (χ3n) is 5.10. The number of likely N-dealkylation sites (tertiary alicyclic amines) is 1. The van der Waals surface area contributed by atoms with Gasteiger partial charge in [0.05, 0.1) is 6.54 Å². The Bertz CT molecular complexity index is 614. The minimum Gasteiger partial charge on any atom is -0.357 e. The van der Waals surface area contributed by atoms with Crippen molar-refractivity contribution >= 4 is 35.8 Å². The lowest BCUT2D eigenvalue weighted by molar-refractivity contribution is -0.128. The molecule has 1 aliphatic heterocycles. The topological polar surface area (TPSA) is 56.7 Å². The van der Waals surface area contributed by atoms with E-state index in [0.29, 0.717) is 25.6 Å². The summed E-state index contributed by atoms with van der Waals surface area (Å²) in [5.41, 5.74) is 2.41. The molecule has 1 saturated carbocycles. The molecule has 0 aromatic heterocycles. The molecule has 1 amide bonds. The molecule has 2 aliphatic rings. The highest BCUT2D eigenvalue weighted by molar-refractivity contribution is 14.0. The highest BCUT2D eigenvalue weighted by atomic mass is 127. The number of aliphatic imine (C=N–C) groups is 1. The third kappa shape index (κ3) is 5.86. The highest BCUT2D eigenvalue weighted by Gasteiger charge is 2.21. The summed E-state index contributed by atoms with van der Waals surface area (Å²) in [6, 6.07) is 8.89. The molecule has 1 heterocycles. The summed E-state index contributed by atoms with van der Waals surface area (Å²) in [6.07, 6.45) is 6.76. The lowest BCUT2D eigenvalue weighted by atomic mass is 10.1. The molecule has 2 N–H and O–H groups in total. The van der Waals surface area contributed by atoms with Crippen molar-refractivity contribution in [3.63, 3.8) is 0 Å². The summed E-state index contributed by atoms with van der Waals surface area (Å²) in [4.78, 5) is 18.7. The van der Waals surface area contributed by atoms with Crippen molar-refractivity contribution in [2.45, 2.75) is 64.6 Å². The van der Waals surface area contributed by atoms with Crippen LogP contribution in [0.1, 0.15) is 56.6 Å². The van der Waals surface area contributed by atoms with Crippen LogP contribution in [-0.2, 0) is 17.9 Å². The summed E-state index contributed by atoms with van der Waals surface area (Å²) in [7, 11) is 0. The molecule has 3 rings (SSSR count). The van der Waals surface area contributed by atoms with Crippen LogP contribution < -0.4 is 10.6 Å². The largest absolute Gasteiger partial charge is 0.357 e. The Balaban J connectivity index is 0.00000243. The van der Waals surface area contributed by atoms with Crippen LogP contribution in [0, 0.1) is 0 Å². The van der Waals surface area contributed by atoms with E-state index in [1.54, 1.807) is 0 Å². The van der Waals surface area contributed by atoms with Gasteiger partial charge in [0.25, 0.3) is 0 Å². The molecular formula is C20H31IN4O. The van der Waals surface area contributed by atoms with Crippen molar-refractivity contribution in [1.29, 1.82) is 0 Å². The fourth-order valence-corrected chi connectivity index (χ4v) is 3.69. The van der Waals surface area contributed by atoms with Gasteiger partial charge < -0.3 is 15.5 Å². The van der Waals surface area contributed by atoms with Crippen molar-refractivity contribution in [3.05, 3.63) is 35.4 Å². The summed E-state index contributed by atoms with van der Waals surface area (Å²) in [5, 5.41) is 6.91. The molecule has 144 valence electrons. The second kappa shape index (κ2) is 10.7. The predicted octanol–water partition coefficient (Wildman–Crippen LogP) is 3.42. The fraction of sp³-hybridized carbons (Fsp3) is 0.600. The average Bonchev–Trinajstić information content (AvgIpc) is 3.26. The van der Waals surface area contributed by atoms with E-state index in [0.717, 1.165) is 25.5 Å². The van der Waals surface area contributed by atoms with E-state index in [2.05, 4.69) is 35.8 Å². The van der Waals surface area contributed by atoms with E-state index < -0.39 is 0 Å². The minimum absolute atomic E-state index is 0. The molecule has 1 aliphatic carbocycles. The fourth-order valence-electron chi connectivity index (χ4n) is 3.69. The normalized spacial score (nSPS) is 18.1. The maximum absolute atomic E-state index is 11.9. The van der Waals surface area contributed by atoms with Crippen LogP contribution in [0.25, 0.3) is 0 Å². The van der Waals surface area contributed by atoms with Crippen molar-refractivity contribution in [2.75, 3.05) is 13.1 Å². The van der Waals surface area contributed by atoms with Crippen molar-refractivity contribution < 1.29 is 4.79 Å². The summed E-state index contributed by atoms with van der Waals surface area (Å²) in [6.45, 7) is 5.18. The maximum atomic E-state index is 11.9. The minimum atomic E-state index is 0. The molecule has 0 unspecified atom stereocenters. The number of carbonyl (C=O) groups is 1. The van der Waals surface area contributed by atoms with Crippen LogP contribution >= 0.6 is 24.0 Å². The van der Waals surface area contributed by atoms with Gasteiger partial charge in [-0.3, -0.25) is 4.79 Å². The molecule has 2 fully saturated rings. The first-order valence-corrected chi connectivity index (χ1v) is 9.65. The third-order valence-corrected chi connectivity index (χ3v) is 5.10. The smallest absolute Gasteiger partial charge is 0.222 e. The van der Waals surface area contributed by atoms with Gasteiger partial charge in [0, 0.05) is 32.1 Å². The first-order valence-electron chi connectivity index (χ1n) is 9.65. The summed E-state index contributed by atoms with van der Waals surface area (Å²) >= 11 is 0. The quantitative estimate of drug-likeness (QED) is 0.381. The second-order valence-corrected chi connectivity index (χ2v) is 7.01. The van der Waals surface area contributed by atoms with E-state index in [1.165, 1.54) is 36.8 Å². The monoisotopic (exact) mass is 470 g/mol. The Kier molecular flexibility index (Phi) is 8.68. The van der Waals surface area contributed by atoms with E-state index in [9.17, 15) is 4.79 Å². The zero-order valence-corrected chi connectivity index (χ0v) is 18.0. The van der Waals surface area contributed by atoms with Crippen LogP contribution in [0.2, 0.25) is 0 Å². The lowest BCUT2D eigenvalue weighted by Crippen LogP contribution is -2.42. The zero-order valence-electron chi connectivity index (χ0n) is 15.7. The van der Waals surface area contributed by atoms with E-state index in [1.807, 2.05) is 11.0 Å². The van der Waals surface area contributed by atoms with Crippen molar-refractivity contribution in [3.8, 4) is 0 Å². The van der Waals surface area contributed by atoms with Gasteiger partial charge >= 0.3 is 0 Å². The Morgan fingerprint density at radius 2 is 1.92 bits per heavy atom. The van der Waals surface area contributed by atoms with Crippen LogP contribution in [0.5, 0.6) is 0 Å². The lowest BCUT2D eigenvalue weighted by Gasteiger charge is -2.19. The van der Waals surface area contributed by atoms with Gasteiger partial charge in [-0.1, -0.05) is 37.1 Å². The predicted molar refractivity (Wildman–Crippen MR) is 117 cm³/mol. The van der Waals surface area contributed by atoms with E-state index in [4.69, 9.17) is 4.99 Å². The van der Waals surface area contributed by atoms with Gasteiger partial charge in [-0.05, 0) is 37.3 Å². The Labute approximate surface area is 174 Å². The zero-order chi connectivity index (χ0) is 17.5. The van der Waals surface area contributed by atoms with Crippen molar-refractivity contribution in [1.82, 2.24) is 15.5 Å². The van der Waals surface area contributed by atoms with Gasteiger partial charge in [0.1, 0.15) is 0 Å². The van der Waals surface area contributed by atoms with Crippen LogP contribution in [0.15, 0.2) is 29.3 Å². The van der Waals surface area contributed by atoms with Gasteiger partial charge in [0.15, 0.2) is 5.96 Å². The molecule has 0 atom stereocenters. The van der Waals surface area contributed by atoms with Crippen molar-refractivity contribution in [2.24, 2.45) is 4.99 Å². The number of amides is 1. The molecule has 6 heteroatoms. The number of hydrogen-bond acceptors (Lipinski definition) is 2. The maximum Gasteiger partial charge on any atom is 0.222 e. The number of halogens is 1. The Hall–Kier alpha value is -1.31. The van der Waals surface area contributed by atoms with Crippen LogP contribution in [-0.4, -0.2) is 35.9 Å². The molecule has 26 heavy (non-hydrogen) atoms. The van der Waals surface area contributed by atoms with Gasteiger partial charge in [-0.2, -0.15) is 0 Å². The Morgan fingerprint density at radius 1 is 1.19 bits per heavy atom. The molecule has 0 bridgehead atoms. The second-order valence-electron chi connectivity index (χ2n) is 7.01. The van der Waals surface area contributed by atoms with Gasteiger partial charge in [-0.15, -0.1) is 24.0 Å². The first-order chi connectivity index (χ1) is 12.3. The summed E-state index contributed by atoms with van der Waals surface area (Å²) < 4.78 is 0. The SMILES string of the molecule is CCNC(=NCc1ccccc1CN1CCCC1=O)NC1CCCC1.I. The van der Waals surface area contributed by atoms with E-state index in [-0.39, 0.29) is 29.9 Å².